The van der Waals surface area contributed by atoms with Gasteiger partial charge in [0.2, 0.25) is 10.0 Å². The van der Waals surface area contributed by atoms with Gasteiger partial charge in [0.25, 0.3) is 0 Å². The Morgan fingerprint density at radius 2 is 2.00 bits per heavy atom. The lowest BCUT2D eigenvalue weighted by Gasteiger charge is -2.26. The number of thiazole rings is 1. The number of benzene rings is 2. The summed E-state index contributed by atoms with van der Waals surface area (Å²) < 4.78 is 46.2. The molecule has 1 saturated carbocycles. The van der Waals surface area contributed by atoms with Gasteiger partial charge in [0, 0.05) is 47.6 Å². The van der Waals surface area contributed by atoms with E-state index in [0.717, 1.165) is 73.4 Å². The lowest BCUT2D eigenvalue weighted by atomic mass is 9.97. The van der Waals surface area contributed by atoms with Crippen LogP contribution in [0.3, 0.4) is 0 Å². The van der Waals surface area contributed by atoms with Gasteiger partial charge < -0.3 is 14.2 Å². The van der Waals surface area contributed by atoms with Gasteiger partial charge in [0.1, 0.15) is 15.7 Å². The summed E-state index contributed by atoms with van der Waals surface area (Å²) in [6, 6.07) is 14.3. The Bertz CT molecular complexity index is 1930. The van der Waals surface area contributed by atoms with E-state index in [4.69, 9.17) is 9.88 Å². The van der Waals surface area contributed by atoms with Gasteiger partial charge >= 0.3 is 5.97 Å². The van der Waals surface area contributed by atoms with Gasteiger partial charge in [-0.05, 0) is 93.6 Å². The zero-order valence-corrected chi connectivity index (χ0v) is 27.6. The molecule has 1 aliphatic carbocycles. The zero-order chi connectivity index (χ0) is 32.4. The van der Waals surface area contributed by atoms with Gasteiger partial charge in [-0.1, -0.05) is 30.0 Å². The number of nitrogens with zero attached hydrogens (tertiary/aromatic N) is 3. The summed E-state index contributed by atoms with van der Waals surface area (Å²) in [4.78, 5) is 18.9. The fraction of sp³-hybridized carbons (Fsp3) is 0.371. The summed E-state index contributed by atoms with van der Waals surface area (Å²) >= 11 is 1.38. The molecule has 2 aromatic heterocycles. The number of carbonyl (C=O) groups is 1. The number of esters is 1. The average Bonchev–Trinajstić information content (AvgIpc) is 3.58. The summed E-state index contributed by atoms with van der Waals surface area (Å²) in [6.45, 7) is 4.83. The standard InChI is InChI=1S/C35H37FN4O4S2/c1-3-44-35(41)30-22-45-34(38-30)32-19-28(27-8-4-6-23(16-27)9-10-24-7-5-15-39(2)20-24)31(40(32)21-25-11-12-25)18-26-13-14-33(29(36)17-26)46(37,42)43/h4,6,8,13-14,16-17,19,22,24-25H,3,5,7,11-12,15,18,20-21H2,1-2H3,(H2,37,42,43). The summed E-state index contributed by atoms with van der Waals surface area (Å²) in [6.07, 6.45) is 4.79. The van der Waals surface area contributed by atoms with Gasteiger partial charge in [-0.3, -0.25) is 0 Å². The van der Waals surface area contributed by atoms with Crippen molar-refractivity contribution in [3.05, 3.63) is 82.2 Å². The minimum absolute atomic E-state index is 0.259. The molecule has 1 saturated heterocycles. The van der Waals surface area contributed by atoms with E-state index in [9.17, 15) is 17.6 Å². The van der Waals surface area contributed by atoms with E-state index in [0.29, 0.717) is 28.8 Å². The highest BCUT2D eigenvalue weighted by Gasteiger charge is 2.28. The van der Waals surface area contributed by atoms with Crippen molar-refractivity contribution in [1.29, 1.82) is 0 Å². The normalized spacial score (nSPS) is 17.0. The van der Waals surface area contributed by atoms with E-state index in [1.54, 1.807) is 18.4 Å². The number of sulfonamides is 1. The molecule has 1 atom stereocenters. The molecule has 0 amide bonds. The monoisotopic (exact) mass is 660 g/mol. The molecule has 2 aliphatic rings. The third kappa shape index (κ3) is 7.42. The van der Waals surface area contributed by atoms with Gasteiger partial charge in [-0.25, -0.2) is 27.7 Å². The highest BCUT2D eigenvalue weighted by Crippen LogP contribution is 2.40. The second kappa shape index (κ2) is 13.5. The second-order valence-corrected chi connectivity index (χ2v) is 14.5. The molecule has 0 radical (unpaired) electrons. The molecule has 240 valence electrons. The molecular weight excluding hydrogens is 624 g/mol. The number of carbonyl (C=O) groups excluding carboxylic acids is 1. The Balaban J connectivity index is 1.45. The number of rotatable bonds is 9. The van der Waals surface area contributed by atoms with Crippen LogP contribution in [0.4, 0.5) is 4.39 Å². The quantitative estimate of drug-likeness (QED) is 0.176. The Hall–Kier alpha value is -3.82. The third-order valence-corrected chi connectivity index (χ3v) is 10.3. The maximum absolute atomic E-state index is 15.0. The lowest BCUT2D eigenvalue weighted by molar-refractivity contribution is 0.0520. The van der Waals surface area contributed by atoms with Gasteiger partial charge in [0.15, 0.2) is 5.69 Å². The minimum Gasteiger partial charge on any atom is -0.461 e. The number of piperidine rings is 1. The predicted octanol–water partition coefficient (Wildman–Crippen LogP) is 5.94. The van der Waals surface area contributed by atoms with Gasteiger partial charge in [-0.2, -0.15) is 0 Å². The number of aromatic nitrogens is 2. The van der Waals surface area contributed by atoms with Crippen molar-refractivity contribution in [1.82, 2.24) is 14.5 Å². The Labute approximate surface area is 273 Å². The van der Waals surface area contributed by atoms with Crippen LogP contribution in [0.25, 0.3) is 21.8 Å². The third-order valence-electron chi connectivity index (χ3n) is 8.45. The van der Waals surface area contributed by atoms with Crippen molar-refractivity contribution in [2.24, 2.45) is 17.0 Å². The van der Waals surface area contributed by atoms with Crippen molar-refractivity contribution in [2.45, 2.75) is 50.5 Å². The van der Waals surface area contributed by atoms with E-state index >= 15 is 0 Å². The van der Waals surface area contributed by atoms with Crippen molar-refractivity contribution in [3.8, 4) is 33.7 Å². The van der Waals surface area contributed by atoms with Crippen molar-refractivity contribution < 1.29 is 22.3 Å². The number of nitrogens with two attached hydrogens (primary N) is 1. The molecular formula is C35H37FN4O4S2. The van der Waals surface area contributed by atoms with E-state index in [1.807, 2.05) is 18.2 Å². The fourth-order valence-corrected chi connectivity index (χ4v) is 7.38. The van der Waals surface area contributed by atoms with Crippen LogP contribution < -0.4 is 5.14 Å². The van der Waals surface area contributed by atoms with Crippen LogP contribution in [-0.4, -0.2) is 55.6 Å². The summed E-state index contributed by atoms with van der Waals surface area (Å²) in [5.74, 6) is 6.35. The van der Waals surface area contributed by atoms with E-state index < -0.39 is 26.7 Å². The van der Waals surface area contributed by atoms with E-state index in [2.05, 4.69) is 45.5 Å². The summed E-state index contributed by atoms with van der Waals surface area (Å²) in [5, 5.41) is 7.62. The van der Waals surface area contributed by atoms with Crippen molar-refractivity contribution >= 4 is 27.3 Å². The Kier molecular flexibility index (Phi) is 9.43. The molecule has 11 heteroatoms. The molecule has 8 nitrogen and oxygen atoms in total. The maximum Gasteiger partial charge on any atom is 0.357 e. The number of likely N-dealkylation sites (tertiary alicyclic amines) is 1. The number of halogens is 1. The van der Waals surface area contributed by atoms with Crippen LogP contribution in [0.5, 0.6) is 0 Å². The summed E-state index contributed by atoms with van der Waals surface area (Å²) in [5.41, 5.74) is 5.49. The van der Waals surface area contributed by atoms with Gasteiger partial charge in [-0.15, -0.1) is 11.3 Å². The fourth-order valence-electron chi connectivity index (χ4n) is 5.98. The first kappa shape index (κ1) is 32.1. The molecule has 46 heavy (non-hydrogen) atoms. The van der Waals surface area contributed by atoms with Crippen LogP contribution >= 0.6 is 11.3 Å². The largest absolute Gasteiger partial charge is 0.461 e. The first-order valence-electron chi connectivity index (χ1n) is 15.6. The number of hydrogen-bond donors (Lipinski definition) is 1. The highest BCUT2D eigenvalue weighted by atomic mass is 32.2. The molecule has 0 spiro atoms. The average molecular weight is 661 g/mol. The SMILES string of the molecule is CCOC(=O)c1csc(-c2cc(-c3cccc(C#CC4CCCN(C)C4)c3)c(Cc3ccc(S(N)(=O)=O)c(F)c3)n2CC2CC2)n1. The number of primary sulfonamides is 1. The van der Waals surface area contributed by atoms with Crippen LogP contribution in [0.2, 0.25) is 0 Å². The topological polar surface area (TPSA) is 108 Å². The van der Waals surface area contributed by atoms with Crippen LogP contribution in [0.1, 0.15) is 59.9 Å². The number of ether oxygens (including phenoxy) is 1. The number of hydrogen-bond acceptors (Lipinski definition) is 7. The molecule has 4 aromatic rings. The predicted molar refractivity (Wildman–Crippen MR) is 177 cm³/mol. The molecule has 1 aliphatic heterocycles. The molecule has 1 unspecified atom stereocenters. The molecule has 2 fully saturated rings. The smallest absolute Gasteiger partial charge is 0.357 e. The first-order valence-corrected chi connectivity index (χ1v) is 18.0. The summed E-state index contributed by atoms with van der Waals surface area (Å²) in [7, 11) is -2.06. The zero-order valence-electron chi connectivity index (χ0n) is 26.0. The molecule has 3 heterocycles. The Morgan fingerprint density at radius 1 is 1.17 bits per heavy atom. The van der Waals surface area contributed by atoms with Gasteiger partial charge in [0.05, 0.1) is 12.3 Å². The highest BCUT2D eigenvalue weighted by molar-refractivity contribution is 7.89. The maximum atomic E-state index is 15.0. The van der Waals surface area contributed by atoms with Crippen LogP contribution in [0, 0.1) is 29.5 Å². The minimum atomic E-state index is -4.19. The van der Waals surface area contributed by atoms with Crippen LogP contribution in [-0.2, 0) is 27.7 Å². The van der Waals surface area contributed by atoms with Crippen LogP contribution in [0.15, 0.2) is 58.8 Å². The van der Waals surface area contributed by atoms with E-state index in [-0.39, 0.29) is 12.3 Å². The lowest BCUT2D eigenvalue weighted by Crippen LogP contribution is -2.31. The van der Waals surface area contributed by atoms with Crippen molar-refractivity contribution in [3.63, 3.8) is 0 Å². The second-order valence-electron chi connectivity index (χ2n) is 12.1. The molecule has 2 N–H and O–H groups in total. The molecule has 0 bridgehead atoms. The molecule has 2 aromatic carbocycles. The van der Waals surface area contributed by atoms with Crippen molar-refractivity contribution in [2.75, 3.05) is 26.7 Å². The Morgan fingerprint density at radius 3 is 2.72 bits per heavy atom. The van der Waals surface area contributed by atoms with E-state index in [1.165, 1.54) is 23.5 Å². The first-order chi connectivity index (χ1) is 22.1. The molecule has 6 rings (SSSR count).